The zero-order chi connectivity index (χ0) is 19.6. The van der Waals surface area contributed by atoms with Gasteiger partial charge in [0.2, 0.25) is 0 Å². The number of hydrogen-bond acceptors (Lipinski definition) is 3. The Hall–Kier alpha value is -2.16. The minimum atomic E-state index is -0.731. The maximum absolute atomic E-state index is 13.3. The van der Waals surface area contributed by atoms with Crippen molar-refractivity contribution in [3.63, 3.8) is 0 Å². The summed E-state index contributed by atoms with van der Waals surface area (Å²) < 4.78 is 6.34. The molecule has 3 heteroatoms. The molecular weight excluding hydrogens is 336 g/mol. The molecular formula is C24H28O3. The number of ketones is 2. The molecule has 0 saturated carbocycles. The summed E-state index contributed by atoms with van der Waals surface area (Å²) in [5, 5.41) is 0. The Labute approximate surface area is 161 Å². The molecule has 2 aliphatic carbocycles. The van der Waals surface area contributed by atoms with Crippen LogP contribution in [0.15, 0.2) is 53.0 Å². The van der Waals surface area contributed by atoms with E-state index in [1.807, 2.05) is 37.3 Å². The van der Waals surface area contributed by atoms with Crippen LogP contribution in [0.5, 0.6) is 0 Å². The van der Waals surface area contributed by atoms with Crippen molar-refractivity contribution in [2.24, 2.45) is 10.8 Å². The van der Waals surface area contributed by atoms with Gasteiger partial charge < -0.3 is 4.74 Å². The van der Waals surface area contributed by atoms with Crippen molar-refractivity contribution in [2.45, 2.75) is 65.7 Å². The summed E-state index contributed by atoms with van der Waals surface area (Å²) in [6.45, 7) is 10.5. The molecule has 142 valence electrons. The molecule has 0 bridgehead atoms. The first-order valence-corrected chi connectivity index (χ1v) is 9.81. The van der Waals surface area contributed by atoms with Gasteiger partial charge in [0.05, 0.1) is 5.41 Å². The number of ether oxygens (including phenoxy) is 1. The van der Waals surface area contributed by atoms with Gasteiger partial charge in [0, 0.05) is 36.8 Å². The van der Waals surface area contributed by atoms with Gasteiger partial charge in [-0.05, 0) is 23.3 Å². The summed E-state index contributed by atoms with van der Waals surface area (Å²) in [5.74, 6) is 1.76. The minimum absolute atomic E-state index is 0.108. The van der Waals surface area contributed by atoms with Crippen LogP contribution in [0.4, 0.5) is 0 Å². The van der Waals surface area contributed by atoms with Crippen molar-refractivity contribution in [2.75, 3.05) is 0 Å². The Morgan fingerprint density at radius 1 is 0.704 bits per heavy atom. The van der Waals surface area contributed by atoms with Crippen molar-refractivity contribution in [3.05, 3.63) is 58.6 Å². The normalized spacial score (nSPS) is 25.7. The highest BCUT2D eigenvalue weighted by molar-refractivity contribution is 6.07. The molecule has 1 heterocycles. The van der Waals surface area contributed by atoms with Crippen LogP contribution in [0.2, 0.25) is 0 Å². The molecule has 0 amide bonds. The van der Waals surface area contributed by atoms with Crippen LogP contribution in [0.3, 0.4) is 0 Å². The van der Waals surface area contributed by atoms with Gasteiger partial charge in [0.1, 0.15) is 11.5 Å². The lowest BCUT2D eigenvalue weighted by atomic mass is 9.58. The molecule has 0 unspecified atom stereocenters. The molecule has 0 fully saturated rings. The van der Waals surface area contributed by atoms with Crippen LogP contribution in [-0.2, 0) is 19.7 Å². The number of hydrogen-bond donors (Lipinski definition) is 0. The first-order chi connectivity index (χ1) is 12.5. The van der Waals surface area contributed by atoms with Crippen LogP contribution in [0.25, 0.3) is 0 Å². The van der Waals surface area contributed by atoms with Crippen molar-refractivity contribution in [1.82, 2.24) is 0 Å². The van der Waals surface area contributed by atoms with E-state index in [1.165, 1.54) is 0 Å². The summed E-state index contributed by atoms with van der Waals surface area (Å²) in [5.41, 5.74) is 1.40. The predicted octanol–water partition coefficient (Wildman–Crippen LogP) is 5.26. The number of allylic oxidation sites excluding steroid dienone is 4. The lowest BCUT2D eigenvalue weighted by molar-refractivity contribution is -0.121. The highest BCUT2D eigenvalue weighted by Crippen LogP contribution is 2.55. The molecule has 0 radical (unpaired) electrons. The number of Topliss-reactive ketones (excluding diaryl/α,β-unsaturated/α-hetero) is 2. The van der Waals surface area contributed by atoms with Crippen LogP contribution in [0.1, 0.15) is 65.9 Å². The van der Waals surface area contributed by atoms with Gasteiger partial charge in [0.25, 0.3) is 0 Å². The van der Waals surface area contributed by atoms with E-state index in [2.05, 4.69) is 27.7 Å². The first-order valence-electron chi connectivity index (χ1n) is 9.81. The second kappa shape index (κ2) is 5.67. The average Bonchev–Trinajstić information content (AvgIpc) is 2.51. The molecule has 1 aromatic rings. The third-order valence-electron chi connectivity index (χ3n) is 6.27. The lowest BCUT2D eigenvalue weighted by Gasteiger charge is -2.47. The number of benzene rings is 1. The Bertz CT molecular complexity index is 845. The van der Waals surface area contributed by atoms with Crippen LogP contribution >= 0.6 is 0 Å². The highest BCUT2D eigenvalue weighted by Gasteiger charge is 2.53. The number of carbonyl (C=O) groups excluding carboxylic acids is 2. The van der Waals surface area contributed by atoms with Gasteiger partial charge in [0.15, 0.2) is 11.6 Å². The highest BCUT2D eigenvalue weighted by atomic mass is 16.5. The first kappa shape index (κ1) is 18.2. The van der Waals surface area contributed by atoms with Gasteiger partial charge in [-0.1, -0.05) is 58.0 Å². The molecule has 0 N–H and O–H groups in total. The maximum Gasteiger partial charge on any atom is 0.164 e. The van der Waals surface area contributed by atoms with Crippen molar-refractivity contribution < 1.29 is 14.3 Å². The molecule has 1 aliphatic heterocycles. The molecule has 3 nitrogen and oxygen atoms in total. The number of carbonyl (C=O) groups is 2. The second-order valence-corrected chi connectivity index (χ2v) is 10.1. The van der Waals surface area contributed by atoms with E-state index in [0.717, 1.165) is 29.9 Å². The van der Waals surface area contributed by atoms with Crippen LogP contribution in [-0.4, -0.2) is 11.6 Å². The predicted molar refractivity (Wildman–Crippen MR) is 105 cm³/mol. The molecule has 0 saturated heterocycles. The van der Waals surface area contributed by atoms with Gasteiger partial charge in [-0.2, -0.15) is 0 Å². The summed E-state index contributed by atoms with van der Waals surface area (Å²) in [7, 11) is 0. The largest absolute Gasteiger partial charge is 0.465 e. The van der Waals surface area contributed by atoms with Gasteiger partial charge in [-0.15, -0.1) is 0 Å². The van der Waals surface area contributed by atoms with E-state index in [0.29, 0.717) is 24.0 Å². The molecule has 0 atom stereocenters. The molecule has 27 heavy (non-hydrogen) atoms. The van der Waals surface area contributed by atoms with E-state index in [4.69, 9.17) is 4.74 Å². The average molecular weight is 364 g/mol. The fourth-order valence-electron chi connectivity index (χ4n) is 5.15. The molecule has 3 aliphatic rings. The molecule has 4 rings (SSSR count). The Morgan fingerprint density at radius 2 is 1.15 bits per heavy atom. The SMILES string of the molecule is CC1(C)CC(=O)C2=C(C1)OC1=C(C(=O)CC(C)(C)C1)C2(C)c1ccccc1. The van der Waals surface area contributed by atoms with Crippen LogP contribution in [0, 0.1) is 10.8 Å². The van der Waals surface area contributed by atoms with Gasteiger partial charge in [-0.3, -0.25) is 9.59 Å². The second-order valence-electron chi connectivity index (χ2n) is 10.1. The zero-order valence-electron chi connectivity index (χ0n) is 16.9. The van der Waals surface area contributed by atoms with Crippen molar-refractivity contribution >= 4 is 11.6 Å². The monoisotopic (exact) mass is 364 g/mol. The van der Waals surface area contributed by atoms with E-state index in [-0.39, 0.29) is 22.4 Å². The maximum atomic E-state index is 13.3. The van der Waals surface area contributed by atoms with Crippen LogP contribution < -0.4 is 0 Å². The number of rotatable bonds is 1. The van der Waals surface area contributed by atoms with Crippen molar-refractivity contribution in [1.29, 1.82) is 0 Å². The van der Waals surface area contributed by atoms with Gasteiger partial charge >= 0.3 is 0 Å². The summed E-state index contributed by atoms with van der Waals surface area (Å²) >= 11 is 0. The summed E-state index contributed by atoms with van der Waals surface area (Å²) in [4.78, 5) is 26.5. The molecule has 0 spiro atoms. The van der Waals surface area contributed by atoms with Gasteiger partial charge in [-0.25, -0.2) is 0 Å². The summed E-state index contributed by atoms with van der Waals surface area (Å²) in [6.07, 6.45) is 2.42. The fraction of sp³-hybridized carbons (Fsp3) is 0.500. The topological polar surface area (TPSA) is 43.4 Å². The van der Waals surface area contributed by atoms with E-state index >= 15 is 0 Å². The van der Waals surface area contributed by atoms with Crippen molar-refractivity contribution in [3.8, 4) is 0 Å². The standard InChI is InChI=1S/C24H28O3/c1-22(2)11-16(25)20-18(13-22)27-19-14-23(3,4)12-17(26)21(19)24(20,5)15-9-7-6-8-10-15/h6-10H,11-14H2,1-5H3. The Balaban J connectivity index is 1.98. The zero-order valence-corrected chi connectivity index (χ0v) is 16.9. The quantitative estimate of drug-likeness (QED) is 0.682. The Morgan fingerprint density at radius 3 is 1.59 bits per heavy atom. The summed E-state index contributed by atoms with van der Waals surface area (Å²) in [6, 6.07) is 9.98. The van der Waals surface area contributed by atoms with E-state index in [1.54, 1.807) is 0 Å². The minimum Gasteiger partial charge on any atom is -0.465 e. The smallest absolute Gasteiger partial charge is 0.164 e. The lowest BCUT2D eigenvalue weighted by Crippen LogP contribution is -2.46. The third-order valence-corrected chi connectivity index (χ3v) is 6.27. The third kappa shape index (κ3) is 2.79. The molecule has 1 aromatic carbocycles. The Kier molecular flexibility index (Phi) is 3.82. The molecule has 0 aromatic heterocycles. The van der Waals surface area contributed by atoms with E-state index < -0.39 is 5.41 Å². The fourth-order valence-corrected chi connectivity index (χ4v) is 5.15. The van der Waals surface area contributed by atoms with E-state index in [9.17, 15) is 9.59 Å².